The first kappa shape index (κ1) is 18.4. The maximum absolute atomic E-state index is 13.0. The van der Waals surface area contributed by atoms with Crippen LogP contribution in [0, 0.1) is 6.92 Å². The molecule has 1 aliphatic heterocycles. The van der Waals surface area contributed by atoms with E-state index >= 15 is 0 Å². The molecule has 0 fully saturated rings. The van der Waals surface area contributed by atoms with E-state index in [1.165, 1.54) is 0 Å². The molecule has 30 heavy (non-hydrogen) atoms. The summed E-state index contributed by atoms with van der Waals surface area (Å²) in [5, 5.41) is 15.7. The van der Waals surface area contributed by atoms with E-state index in [1.54, 1.807) is 0 Å². The van der Waals surface area contributed by atoms with Gasteiger partial charge in [0.1, 0.15) is 5.75 Å². The molecular formula is C27H23NO2. The van der Waals surface area contributed by atoms with Crippen LogP contribution in [0.25, 0.3) is 33.0 Å². The summed E-state index contributed by atoms with van der Waals surface area (Å²) in [4.78, 5) is 13.0. The molecule has 5 rings (SSSR count). The van der Waals surface area contributed by atoms with Gasteiger partial charge in [0.2, 0.25) is 0 Å². The normalized spacial score (nSPS) is 12.6. The molecule has 4 aromatic carbocycles. The molecule has 4 aromatic rings. The van der Waals surface area contributed by atoms with Crippen LogP contribution >= 0.6 is 0 Å². The molecule has 0 aromatic heterocycles. The zero-order valence-electron chi connectivity index (χ0n) is 17.3. The molecule has 0 atom stereocenters. The van der Waals surface area contributed by atoms with Crippen LogP contribution in [0.15, 0.2) is 66.7 Å². The third-order valence-electron chi connectivity index (χ3n) is 6.06. The van der Waals surface area contributed by atoms with Gasteiger partial charge in [-0.2, -0.15) is 0 Å². The number of benzene rings is 4. The lowest BCUT2D eigenvalue weighted by Crippen LogP contribution is -2.07. The van der Waals surface area contributed by atoms with Gasteiger partial charge in [0.15, 0.2) is 0 Å². The second-order valence-electron chi connectivity index (χ2n) is 8.20. The van der Waals surface area contributed by atoms with Crippen LogP contribution in [-0.4, -0.2) is 11.0 Å². The van der Waals surface area contributed by atoms with Crippen molar-refractivity contribution in [3.63, 3.8) is 0 Å². The zero-order chi connectivity index (χ0) is 21.0. The number of carbonyl (C=O) groups excluding carboxylic acids is 1. The molecular weight excluding hydrogens is 370 g/mol. The van der Waals surface area contributed by atoms with E-state index in [9.17, 15) is 9.90 Å². The molecule has 2 N–H and O–H groups in total. The smallest absolute Gasteiger partial charge is 0.256 e. The Hall–Kier alpha value is -3.59. The molecule has 1 heterocycles. The van der Waals surface area contributed by atoms with Crippen molar-refractivity contribution in [2.45, 2.75) is 26.7 Å². The third kappa shape index (κ3) is 2.55. The number of phenolic OH excluding ortho intramolecular Hbond substituents is 1. The highest BCUT2D eigenvalue weighted by atomic mass is 16.3. The van der Waals surface area contributed by atoms with E-state index in [0.717, 1.165) is 44.2 Å². The van der Waals surface area contributed by atoms with Gasteiger partial charge in [-0.25, -0.2) is 0 Å². The van der Waals surface area contributed by atoms with E-state index in [-0.39, 0.29) is 17.6 Å². The highest BCUT2D eigenvalue weighted by Gasteiger charge is 2.32. The minimum absolute atomic E-state index is 0.122. The van der Waals surface area contributed by atoms with Crippen LogP contribution in [0.5, 0.6) is 5.75 Å². The summed E-state index contributed by atoms with van der Waals surface area (Å²) in [7, 11) is 0. The Balaban J connectivity index is 2.04. The SMILES string of the molecule is Cc1c(-c2ccccc2)c(-c2ccccc2)c2cc(C(C)C)c(O)c3c2c1C(=O)N3. The highest BCUT2D eigenvalue weighted by Crippen LogP contribution is 2.51. The van der Waals surface area contributed by atoms with Gasteiger partial charge in [0, 0.05) is 5.39 Å². The average Bonchev–Trinajstić information content (AvgIpc) is 3.11. The van der Waals surface area contributed by atoms with Crippen molar-refractivity contribution in [3.8, 4) is 28.0 Å². The Bertz CT molecular complexity index is 1310. The zero-order valence-corrected chi connectivity index (χ0v) is 17.3. The predicted molar refractivity (Wildman–Crippen MR) is 123 cm³/mol. The van der Waals surface area contributed by atoms with Gasteiger partial charge < -0.3 is 10.4 Å². The quantitative estimate of drug-likeness (QED) is 0.373. The maximum atomic E-state index is 13.0. The lowest BCUT2D eigenvalue weighted by atomic mass is 9.82. The van der Waals surface area contributed by atoms with Gasteiger partial charge in [0.05, 0.1) is 11.3 Å². The number of amides is 1. The lowest BCUT2D eigenvalue weighted by molar-refractivity contribution is 0.103. The van der Waals surface area contributed by atoms with Crippen LogP contribution in [0.3, 0.4) is 0 Å². The van der Waals surface area contributed by atoms with Gasteiger partial charge in [-0.3, -0.25) is 4.79 Å². The van der Waals surface area contributed by atoms with Crippen molar-refractivity contribution in [3.05, 3.63) is 83.4 Å². The Labute approximate surface area is 176 Å². The summed E-state index contributed by atoms with van der Waals surface area (Å²) in [5.74, 6) is 0.146. The first-order valence-corrected chi connectivity index (χ1v) is 10.3. The Morgan fingerprint density at radius 2 is 1.40 bits per heavy atom. The first-order valence-electron chi connectivity index (χ1n) is 10.3. The molecule has 0 aliphatic carbocycles. The van der Waals surface area contributed by atoms with Crippen molar-refractivity contribution in [1.82, 2.24) is 0 Å². The average molecular weight is 393 g/mol. The van der Waals surface area contributed by atoms with Crippen molar-refractivity contribution in [2.75, 3.05) is 5.32 Å². The van der Waals surface area contributed by atoms with E-state index in [4.69, 9.17) is 0 Å². The van der Waals surface area contributed by atoms with Gasteiger partial charge >= 0.3 is 0 Å². The number of anilines is 1. The fourth-order valence-electron chi connectivity index (χ4n) is 4.68. The standard InChI is InChI=1S/C27H23NO2/c1-15(2)19-14-20-23(18-12-8-5-9-13-18)21(17-10-6-4-7-11-17)16(3)22-24(20)25(26(19)29)28-27(22)30/h4-15,29H,1-3H3,(H,28,30). The van der Waals surface area contributed by atoms with Crippen LogP contribution in [0.4, 0.5) is 5.69 Å². The highest BCUT2D eigenvalue weighted by molar-refractivity contribution is 6.29. The molecule has 148 valence electrons. The second-order valence-corrected chi connectivity index (χ2v) is 8.20. The molecule has 1 aliphatic rings. The fraction of sp³-hybridized carbons (Fsp3) is 0.148. The third-order valence-corrected chi connectivity index (χ3v) is 6.06. The Morgan fingerprint density at radius 1 is 0.833 bits per heavy atom. The number of hydrogen-bond donors (Lipinski definition) is 2. The first-order chi connectivity index (χ1) is 14.5. The molecule has 0 saturated heterocycles. The second kappa shape index (κ2) is 6.74. The van der Waals surface area contributed by atoms with Crippen LogP contribution < -0.4 is 5.32 Å². The van der Waals surface area contributed by atoms with E-state index in [1.807, 2.05) is 43.3 Å². The summed E-state index contributed by atoms with van der Waals surface area (Å²) in [6, 6.07) is 22.6. The maximum Gasteiger partial charge on any atom is 0.256 e. The fourth-order valence-corrected chi connectivity index (χ4v) is 4.68. The summed E-state index contributed by atoms with van der Waals surface area (Å²) in [5.41, 5.74) is 7.29. The molecule has 0 bridgehead atoms. The lowest BCUT2D eigenvalue weighted by Gasteiger charge is -2.20. The van der Waals surface area contributed by atoms with E-state index in [2.05, 4.69) is 49.5 Å². The monoisotopic (exact) mass is 393 g/mol. The largest absolute Gasteiger partial charge is 0.505 e. The molecule has 1 amide bonds. The van der Waals surface area contributed by atoms with Gasteiger partial charge in [0.25, 0.3) is 5.91 Å². The van der Waals surface area contributed by atoms with Crippen molar-refractivity contribution < 1.29 is 9.90 Å². The number of carbonyl (C=O) groups is 1. The summed E-state index contributed by atoms with van der Waals surface area (Å²) >= 11 is 0. The molecule has 0 radical (unpaired) electrons. The van der Waals surface area contributed by atoms with Crippen molar-refractivity contribution >= 4 is 22.4 Å². The summed E-state index contributed by atoms with van der Waals surface area (Å²) < 4.78 is 0. The summed E-state index contributed by atoms with van der Waals surface area (Å²) in [6.45, 7) is 6.12. The predicted octanol–water partition coefficient (Wildman–Crippen LogP) is 6.88. The number of nitrogens with one attached hydrogen (secondary N) is 1. The van der Waals surface area contributed by atoms with E-state index < -0.39 is 0 Å². The summed E-state index contributed by atoms with van der Waals surface area (Å²) in [6.07, 6.45) is 0. The number of rotatable bonds is 3. The molecule has 3 heteroatoms. The van der Waals surface area contributed by atoms with Crippen LogP contribution in [0.2, 0.25) is 0 Å². The Morgan fingerprint density at radius 3 is 1.97 bits per heavy atom. The van der Waals surface area contributed by atoms with Gasteiger partial charge in [-0.1, -0.05) is 74.5 Å². The molecule has 3 nitrogen and oxygen atoms in total. The number of aromatic hydroxyl groups is 1. The molecule has 0 unspecified atom stereocenters. The van der Waals surface area contributed by atoms with Crippen LogP contribution in [0.1, 0.15) is 41.3 Å². The number of phenols is 1. The minimum atomic E-state index is -0.152. The van der Waals surface area contributed by atoms with Crippen LogP contribution in [-0.2, 0) is 0 Å². The molecule has 0 saturated carbocycles. The van der Waals surface area contributed by atoms with E-state index in [0.29, 0.717) is 11.3 Å². The van der Waals surface area contributed by atoms with Gasteiger partial charge in [-0.15, -0.1) is 0 Å². The Kier molecular flexibility index (Phi) is 4.14. The topological polar surface area (TPSA) is 49.3 Å². The number of hydrogen-bond acceptors (Lipinski definition) is 2. The minimum Gasteiger partial charge on any atom is -0.505 e. The van der Waals surface area contributed by atoms with Crippen molar-refractivity contribution in [2.24, 2.45) is 0 Å². The van der Waals surface area contributed by atoms with Gasteiger partial charge in [-0.05, 0) is 57.7 Å². The van der Waals surface area contributed by atoms with Crippen molar-refractivity contribution in [1.29, 1.82) is 0 Å². The molecule has 0 spiro atoms.